The molecule has 6 heteroatoms. The number of benzene rings is 2. The Morgan fingerprint density at radius 2 is 1.87 bits per heavy atom. The van der Waals surface area contributed by atoms with E-state index in [2.05, 4.69) is 21.2 Å². The summed E-state index contributed by atoms with van der Waals surface area (Å²) in [5.41, 5.74) is 1.45. The highest BCUT2D eigenvalue weighted by Gasteiger charge is 2.04. The summed E-state index contributed by atoms with van der Waals surface area (Å²) in [6, 6.07) is 10.6. The second-order valence-electron chi connectivity index (χ2n) is 4.57. The summed E-state index contributed by atoms with van der Waals surface area (Å²) >= 11 is 9.29. The first-order chi connectivity index (χ1) is 11.0. The lowest BCUT2D eigenvalue weighted by atomic mass is 10.2. The SMILES string of the molecule is COc1ccc(C=CC(=O)Nc2ccc(Br)c(Cl)c2)cc1OC. The Morgan fingerprint density at radius 3 is 2.52 bits per heavy atom. The number of nitrogens with one attached hydrogen (secondary N) is 1. The summed E-state index contributed by atoms with van der Waals surface area (Å²) in [4.78, 5) is 12.0. The van der Waals surface area contributed by atoms with Crippen LogP contribution >= 0.6 is 27.5 Å². The average Bonchev–Trinajstić information content (AvgIpc) is 2.56. The highest BCUT2D eigenvalue weighted by atomic mass is 79.9. The third-order valence-electron chi connectivity index (χ3n) is 3.02. The first-order valence-corrected chi connectivity index (χ1v) is 7.86. The molecule has 0 radical (unpaired) electrons. The maximum Gasteiger partial charge on any atom is 0.248 e. The van der Waals surface area contributed by atoms with E-state index in [4.69, 9.17) is 21.1 Å². The fraction of sp³-hybridized carbons (Fsp3) is 0.118. The molecule has 1 N–H and O–H groups in total. The highest BCUT2D eigenvalue weighted by molar-refractivity contribution is 9.10. The second-order valence-corrected chi connectivity index (χ2v) is 5.83. The Kier molecular flexibility index (Phi) is 6.07. The van der Waals surface area contributed by atoms with Gasteiger partial charge in [-0.15, -0.1) is 0 Å². The zero-order chi connectivity index (χ0) is 16.8. The zero-order valence-corrected chi connectivity index (χ0v) is 14.9. The molecule has 0 spiro atoms. The molecule has 0 unspecified atom stereocenters. The summed E-state index contributed by atoms with van der Waals surface area (Å²) in [5.74, 6) is 0.992. The molecule has 23 heavy (non-hydrogen) atoms. The van der Waals surface area contributed by atoms with Crippen molar-refractivity contribution in [3.63, 3.8) is 0 Å². The van der Waals surface area contributed by atoms with Gasteiger partial charge < -0.3 is 14.8 Å². The van der Waals surface area contributed by atoms with E-state index in [0.717, 1.165) is 10.0 Å². The zero-order valence-electron chi connectivity index (χ0n) is 12.6. The molecular weight excluding hydrogens is 382 g/mol. The van der Waals surface area contributed by atoms with Gasteiger partial charge in [-0.2, -0.15) is 0 Å². The summed E-state index contributed by atoms with van der Waals surface area (Å²) in [6.07, 6.45) is 3.13. The summed E-state index contributed by atoms with van der Waals surface area (Å²) < 4.78 is 11.2. The minimum absolute atomic E-state index is 0.252. The molecule has 2 aromatic rings. The topological polar surface area (TPSA) is 47.6 Å². The first kappa shape index (κ1) is 17.4. The molecule has 0 atom stereocenters. The number of hydrogen-bond donors (Lipinski definition) is 1. The number of ether oxygens (including phenoxy) is 2. The summed E-state index contributed by atoms with van der Waals surface area (Å²) in [7, 11) is 3.14. The third-order valence-corrected chi connectivity index (χ3v) is 4.25. The van der Waals surface area contributed by atoms with E-state index in [1.54, 1.807) is 50.6 Å². The summed E-state index contributed by atoms with van der Waals surface area (Å²) in [5, 5.41) is 3.28. The van der Waals surface area contributed by atoms with Crippen molar-refractivity contribution < 1.29 is 14.3 Å². The van der Waals surface area contributed by atoms with Crippen LogP contribution in [0.5, 0.6) is 11.5 Å². The van der Waals surface area contributed by atoms with Gasteiger partial charge >= 0.3 is 0 Å². The maximum atomic E-state index is 12.0. The van der Waals surface area contributed by atoms with Gasteiger partial charge in [-0.25, -0.2) is 0 Å². The number of carbonyl (C=O) groups excluding carboxylic acids is 1. The van der Waals surface area contributed by atoms with Crippen LogP contribution in [0.15, 0.2) is 46.9 Å². The normalized spacial score (nSPS) is 10.6. The predicted octanol–water partition coefficient (Wildman–Crippen LogP) is 4.77. The van der Waals surface area contributed by atoms with Gasteiger partial charge in [0.05, 0.1) is 19.2 Å². The molecule has 2 aromatic carbocycles. The van der Waals surface area contributed by atoms with Gasteiger partial charge in [0, 0.05) is 16.2 Å². The quantitative estimate of drug-likeness (QED) is 0.741. The van der Waals surface area contributed by atoms with Gasteiger partial charge in [-0.05, 0) is 57.9 Å². The fourth-order valence-electron chi connectivity index (χ4n) is 1.89. The second kappa shape index (κ2) is 8.04. The molecule has 0 aliphatic carbocycles. The van der Waals surface area contributed by atoms with E-state index in [1.807, 2.05) is 6.07 Å². The van der Waals surface area contributed by atoms with Crippen molar-refractivity contribution in [2.45, 2.75) is 0 Å². The van der Waals surface area contributed by atoms with Crippen LogP contribution in [0.25, 0.3) is 6.08 Å². The number of rotatable bonds is 5. The van der Waals surface area contributed by atoms with E-state index in [-0.39, 0.29) is 5.91 Å². The summed E-state index contributed by atoms with van der Waals surface area (Å²) in [6.45, 7) is 0. The number of carbonyl (C=O) groups is 1. The van der Waals surface area contributed by atoms with Crippen molar-refractivity contribution >= 4 is 45.2 Å². The van der Waals surface area contributed by atoms with E-state index in [0.29, 0.717) is 22.2 Å². The van der Waals surface area contributed by atoms with Crippen molar-refractivity contribution in [2.24, 2.45) is 0 Å². The number of anilines is 1. The van der Waals surface area contributed by atoms with Crippen LogP contribution < -0.4 is 14.8 Å². The molecule has 1 amide bonds. The maximum absolute atomic E-state index is 12.0. The molecule has 4 nitrogen and oxygen atoms in total. The Hall–Kier alpha value is -1.98. The van der Waals surface area contributed by atoms with Gasteiger partial charge in [0.15, 0.2) is 11.5 Å². The average molecular weight is 397 g/mol. The largest absolute Gasteiger partial charge is 0.493 e. The van der Waals surface area contributed by atoms with Crippen LogP contribution in [-0.2, 0) is 4.79 Å². The molecule has 0 heterocycles. The van der Waals surface area contributed by atoms with Gasteiger partial charge in [0.25, 0.3) is 0 Å². The predicted molar refractivity (Wildman–Crippen MR) is 96.4 cm³/mol. The Morgan fingerprint density at radius 1 is 1.13 bits per heavy atom. The van der Waals surface area contributed by atoms with Crippen molar-refractivity contribution in [3.05, 3.63) is 57.5 Å². The molecule has 120 valence electrons. The highest BCUT2D eigenvalue weighted by Crippen LogP contribution is 2.28. The lowest BCUT2D eigenvalue weighted by molar-refractivity contribution is -0.111. The third kappa shape index (κ3) is 4.74. The van der Waals surface area contributed by atoms with Crippen LogP contribution in [0.1, 0.15) is 5.56 Å². The molecule has 0 saturated carbocycles. The van der Waals surface area contributed by atoms with Crippen molar-refractivity contribution in [3.8, 4) is 11.5 Å². The fourth-order valence-corrected chi connectivity index (χ4v) is 2.31. The smallest absolute Gasteiger partial charge is 0.248 e. The monoisotopic (exact) mass is 395 g/mol. The van der Waals surface area contributed by atoms with Crippen LogP contribution in [-0.4, -0.2) is 20.1 Å². The molecule has 0 fully saturated rings. The molecule has 0 aromatic heterocycles. The lowest BCUT2D eigenvalue weighted by Crippen LogP contribution is -2.07. The van der Waals surface area contributed by atoms with E-state index >= 15 is 0 Å². The van der Waals surface area contributed by atoms with Crippen LogP contribution in [0, 0.1) is 0 Å². The first-order valence-electron chi connectivity index (χ1n) is 6.69. The number of halogens is 2. The van der Waals surface area contributed by atoms with Crippen molar-refractivity contribution in [2.75, 3.05) is 19.5 Å². The van der Waals surface area contributed by atoms with Crippen molar-refractivity contribution in [1.82, 2.24) is 0 Å². The minimum Gasteiger partial charge on any atom is -0.493 e. The van der Waals surface area contributed by atoms with Crippen LogP contribution in [0.4, 0.5) is 5.69 Å². The van der Waals surface area contributed by atoms with Crippen LogP contribution in [0.3, 0.4) is 0 Å². The standard InChI is InChI=1S/C17H15BrClNO3/c1-22-15-7-3-11(9-16(15)23-2)4-8-17(21)20-12-5-6-13(18)14(19)10-12/h3-10H,1-2H3,(H,20,21). The van der Waals surface area contributed by atoms with E-state index in [9.17, 15) is 4.79 Å². The Balaban J connectivity index is 2.07. The van der Waals surface area contributed by atoms with Gasteiger partial charge in [-0.3, -0.25) is 4.79 Å². The molecule has 2 rings (SSSR count). The molecule has 0 aliphatic heterocycles. The van der Waals surface area contributed by atoms with E-state index < -0.39 is 0 Å². The van der Waals surface area contributed by atoms with Gasteiger partial charge in [-0.1, -0.05) is 17.7 Å². The number of hydrogen-bond acceptors (Lipinski definition) is 3. The Labute approximate surface area is 148 Å². The van der Waals surface area contributed by atoms with E-state index in [1.165, 1.54) is 6.08 Å². The van der Waals surface area contributed by atoms with Crippen LogP contribution in [0.2, 0.25) is 5.02 Å². The van der Waals surface area contributed by atoms with Gasteiger partial charge in [0.2, 0.25) is 5.91 Å². The molecule has 0 saturated heterocycles. The minimum atomic E-state index is -0.252. The Bertz CT molecular complexity index is 747. The number of methoxy groups -OCH3 is 2. The number of amides is 1. The molecule has 0 aliphatic rings. The molecular formula is C17H15BrClNO3. The van der Waals surface area contributed by atoms with Crippen molar-refractivity contribution in [1.29, 1.82) is 0 Å². The molecule has 0 bridgehead atoms. The lowest BCUT2D eigenvalue weighted by Gasteiger charge is -2.07. The van der Waals surface area contributed by atoms with Gasteiger partial charge in [0.1, 0.15) is 0 Å².